The number of para-hydroxylation sites is 1. The van der Waals surface area contributed by atoms with Crippen LogP contribution in [0.4, 0.5) is 24.5 Å². The summed E-state index contributed by atoms with van der Waals surface area (Å²) in [7, 11) is 0. The molecule has 3 rings (SSSR count). The van der Waals surface area contributed by atoms with E-state index in [0.29, 0.717) is 16.6 Å². The molecule has 0 saturated heterocycles. The molecule has 1 heterocycles. The van der Waals surface area contributed by atoms with E-state index in [1.165, 1.54) is 36.4 Å². The van der Waals surface area contributed by atoms with Gasteiger partial charge in [0, 0.05) is 28.8 Å². The highest BCUT2D eigenvalue weighted by atomic mass is 35.5. The van der Waals surface area contributed by atoms with Crippen molar-refractivity contribution in [3.05, 3.63) is 57.6 Å². The number of carbonyl (C=O) groups excluding carboxylic acids is 1. The van der Waals surface area contributed by atoms with Gasteiger partial charge in [-0.25, -0.2) is 0 Å². The summed E-state index contributed by atoms with van der Waals surface area (Å²) in [4.78, 5) is 24.5. The maximum absolute atomic E-state index is 12.5. The molecule has 6 nitrogen and oxygen atoms in total. The molecule has 134 valence electrons. The molecule has 1 amide bonds. The van der Waals surface area contributed by atoms with Gasteiger partial charge in [-0.3, -0.25) is 14.9 Å². The minimum Gasteiger partial charge on any atom is -0.353 e. The number of nitro groups is 1. The first-order valence-electron chi connectivity index (χ1n) is 7.11. The zero-order chi connectivity index (χ0) is 19.1. The number of carbonyl (C=O) groups is 1. The highest BCUT2D eigenvalue weighted by molar-refractivity contribution is 6.35. The van der Waals surface area contributed by atoms with Gasteiger partial charge in [-0.15, -0.1) is 0 Å². The van der Waals surface area contributed by atoms with E-state index in [4.69, 9.17) is 11.6 Å². The van der Waals surface area contributed by atoms with Crippen molar-refractivity contribution in [1.29, 1.82) is 0 Å². The molecule has 0 aliphatic carbocycles. The summed E-state index contributed by atoms with van der Waals surface area (Å²) in [6, 6.07) is 9.82. The molecule has 0 unspecified atom stereocenters. The molecule has 0 fully saturated rings. The highest BCUT2D eigenvalue weighted by Gasteiger charge is 2.39. The van der Waals surface area contributed by atoms with Crippen LogP contribution in [0.25, 0.3) is 22.2 Å². The molecule has 3 aromatic rings. The summed E-state index contributed by atoms with van der Waals surface area (Å²) in [6.07, 6.45) is -5.03. The van der Waals surface area contributed by atoms with Gasteiger partial charge in [0.15, 0.2) is 0 Å². The second-order valence-corrected chi connectivity index (χ2v) is 5.74. The number of hydrogen-bond donors (Lipinski definition) is 2. The monoisotopic (exact) mass is 383 g/mol. The number of H-pyrrole nitrogens is 1. The smallest absolute Gasteiger partial charge is 0.353 e. The Hall–Kier alpha value is -3.07. The SMILES string of the molecule is O=C(Nc1ccccc1-c1cc2cc([N+](=O)[O-])cc(Cl)c2[nH]1)C(F)(F)F. The van der Waals surface area contributed by atoms with Gasteiger partial charge in [0.1, 0.15) is 0 Å². The molecule has 0 radical (unpaired) electrons. The molecule has 0 atom stereocenters. The lowest BCUT2D eigenvalue weighted by atomic mass is 10.1. The number of nitrogens with one attached hydrogen (secondary N) is 2. The minimum atomic E-state index is -5.03. The Morgan fingerprint density at radius 1 is 1.19 bits per heavy atom. The van der Waals surface area contributed by atoms with Crippen LogP contribution in [0.15, 0.2) is 42.5 Å². The molecule has 2 aromatic carbocycles. The molecule has 1 aromatic heterocycles. The molecule has 0 bridgehead atoms. The maximum Gasteiger partial charge on any atom is 0.471 e. The Bertz CT molecular complexity index is 1030. The van der Waals surface area contributed by atoms with Crippen molar-refractivity contribution in [2.75, 3.05) is 5.32 Å². The number of aromatic amines is 1. The first kappa shape index (κ1) is 17.7. The van der Waals surface area contributed by atoms with Crippen molar-refractivity contribution in [2.24, 2.45) is 0 Å². The molecular weight excluding hydrogens is 375 g/mol. The van der Waals surface area contributed by atoms with Crippen molar-refractivity contribution in [3.63, 3.8) is 0 Å². The number of rotatable bonds is 3. The van der Waals surface area contributed by atoms with E-state index in [0.717, 1.165) is 0 Å². The lowest BCUT2D eigenvalue weighted by Gasteiger charge is -2.11. The molecule has 26 heavy (non-hydrogen) atoms. The fourth-order valence-corrected chi connectivity index (χ4v) is 2.72. The van der Waals surface area contributed by atoms with Gasteiger partial charge in [0.2, 0.25) is 0 Å². The zero-order valence-corrected chi connectivity index (χ0v) is 13.5. The minimum absolute atomic E-state index is 0.0630. The van der Waals surface area contributed by atoms with Crippen LogP contribution >= 0.6 is 11.6 Å². The average molecular weight is 384 g/mol. The third-order valence-corrected chi connectivity index (χ3v) is 3.90. The largest absolute Gasteiger partial charge is 0.471 e. The Balaban J connectivity index is 2.09. The molecule has 0 aliphatic heterocycles. The van der Waals surface area contributed by atoms with Crippen LogP contribution < -0.4 is 5.32 Å². The van der Waals surface area contributed by atoms with Crippen LogP contribution in [0.3, 0.4) is 0 Å². The molecule has 2 N–H and O–H groups in total. The predicted octanol–water partition coefficient (Wildman–Crippen LogP) is 4.90. The van der Waals surface area contributed by atoms with Crippen molar-refractivity contribution >= 4 is 39.8 Å². The Morgan fingerprint density at radius 2 is 1.88 bits per heavy atom. The van der Waals surface area contributed by atoms with E-state index in [1.54, 1.807) is 6.07 Å². The Labute approximate surface area is 148 Å². The van der Waals surface area contributed by atoms with Gasteiger partial charge in [-0.2, -0.15) is 13.2 Å². The number of halogens is 4. The third-order valence-electron chi connectivity index (χ3n) is 3.60. The van der Waals surface area contributed by atoms with E-state index in [1.807, 2.05) is 5.32 Å². The number of benzene rings is 2. The highest BCUT2D eigenvalue weighted by Crippen LogP contribution is 2.35. The fourth-order valence-electron chi connectivity index (χ4n) is 2.46. The number of amides is 1. The lowest BCUT2D eigenvalue weighted by molar-refractivity contribution is -0.384. The van der Waals surface area contributed by atoms with Crippen LogP contribution in [-0.2, 0) is 4.79 Å². The van der Waals surface area contributed by atoms with E-state index in [9.17, 15) is 28.1 Å². The molecule has 0 saturated carbocycles. The van der Waals surface area contributed by atoms with Crippen molar-refractivity contribution in [1.82, 2.24) is 4.98 Å². The van der Waals surface area contributed by atoms with Gasteiger partial charge >= 0.3 is 12.1 Å². The van der Waals surface area contributed by atoms with Crippen LogP contribution in [0.5, 0.6) is 0 Å². The van der Waals surface area contributed by atoms with E-state index in [2.05, 4.69) is 4.98 Å². The number of alkyl halides is 3. The van der Waals surface area contributed by atoms with Crippen molar-refractivity contribution in [3.8, 4) is 11.3 Å². The Morgan fingerprint density at radius 3 is 2.54 bits per heavy atom. The maximum atomic E-state index is 12.5. The standard InChI is InChI=1S/C16H9ClF3N3O3/c17-11-7-9(23(25)26)5-8-6-13(21-14(8)11)10-3-1-2-4-12(10)22-15(24)16(18,19)20/h1-7,21H,(H,22,24). The lowest BCUT2D eigenvalue weighted by Crippen LogP contribution is -2.30. The van der Waals surface area contributed by atoms with Crippen LogP contribution in [0, 0.1) is 10.1 Å². The van der Waals surface area contributed by atoms with Crippen LogP contribution in [0.1, 0.15) is 0 Å². The van der Waals surface area contributed by atoms with Gasteiger partial charge in [-0.1, -0.05) is 29.8 Å². The quantitative estimate of drug-likeness (QED) is 0.498. The van der Waals surface area contributed by atoms with Crippen LogP contribution in [-0.4, -0.2) is 22.0 Å². The van der Waals surface area contributed by atoms with E-state index < -0.39 is 17.0 Å². The van der Waals surface area contributed by atoms with Crippen molar-refractivity contribution < 1.29 is 22.9 Å². The molecule has 10 heteroatoms. The third kappa shape index (κ3) is 3.33. The fraction of sp³-hybridized carbons (Fsp3) is 0.0625. The summed E-state index contributed by atoms with van der Waals surface area (Å²) >= 11 is 6.04. The average Bonchev–Trinajstić information content (AvgIpc) is 2.99. The summed E-state index contributed by atoms with van der Waals surface area (Å²) in [5, 5.41) is 13.2. The number of aromatic nitrogens is 1. The summed E-state index contributed by atoms with van der Waals surface area (Å²) in [5.74, 6) is -2.10. The normalized spacial score (nSPS) is 11.5. The second kappa shape index (κ2) is 6.34. The first-order chi connectivity index (χ1) is 12.2. The summed E-state index contributed by atoms with van der Waals surface area (Å²) < 4.78 is 37.5. The summed E-state index contributed by atoms with van der Waals surface area (Å²) in [6.45, 7) is 0. The number of nitro benzene ring substituents is 1. The number of hydrogen-bond acceptors (Lipinski definition) is 3. The van der Waals surface area contributed by atoms with E-state index in [-0.39, 0.29) is 22.0 Å². The van der Waals surface area contributed by atoms with Gasteiger partial charge < -0.3 is 10.3 Å². The molecular formula is C16H9ClF3N3O3. The van der Waals surface area contributed by atoms with Crippen molar-refractivity contribution in [2.45, 2.75) is 6.18 Å². The second-order valence-electron chi connectivity index (χ2n) is 5.33. The number of non-ortho nitro benzene ring substituents is 1. The van der Waals surface area contributed by atoms with Gasteiger partial charge in [0.05, 0.1) is 21.2 Å². The topological polar surface area (TPSA) is 88.0 Å². The number of fused-ring (bicyclic) bond motifs is 1. The molecule has 0 spiro atoms. The number of anilines is 1. The van der Waals surface area contributed by atoms with Crippen LogP contribution in [0.2, 0.25) is 5.02 Å². The Kier molecular flexibility index (Phi) is 4.33. The van der Waals surface area contributed by atoms with Gasteiger partial charge in [0.25, 0.3) is 5.69 Å². The first-order valence-corrected chi connectivity index (χ1v) is 7.49. The number of nitrogens with zero attached hydrogens (tertiary/aromatic N) is 1. The summed E-state index contributed by atoms with van der Waals surface area (Å²) in [5.41, 5.74) is 0.739. The van der Waals surface area contributed by atoms with Gasteiger partial charge in [-0.05, 0) is 12.1 Å². The predicted molar refractivity (Wildman–Crippen MR) is 90.1 cm³/mol. The van der Waals surface area contributed by atoms with E-state index >= 15 is 0 Å². The molecule has 0 aliphatic rings. The zero-order valence-electron chi connectivity index (χ0n) is 12.7.